The van der Waals surface area contributed by atoms with Crippen molar-refractivity contribution in [3.8, 4) is 0 Å². The molecule has 1 aliphatic rings. The third-order valence-electron chi connectivity index (χ3n) is 2.13. The van der Waals surface area contributed by atoms with Crippen molar-refractivity contribution in [1.82, 2.24) is 4.90 Å². The largest absolute Gasteiger partial charge is 0.392 e. The predicted octanol–water partition coefficient (Wildman–Crippen LogP) is 0.461. The summed E-state index contributed by atoms with van der Waals surface area (Å²) in [6, 6.07) is 0.421. The molecule has 2 atom stereocenters. The van der Waals surface area contributed by atoms with Gasteiger partial charge >= 0.3 is 0 Å². The van der Waals surface area contributed by atoms with E-state index in [4.69, 9.17) is 0 Å². The van der Waals surface area contributed by atoms with E-state index in [0.29, 0.717) is 6.04 Å². The zero-order chi connectivity index (χ0) is 6.85. The molecule has 1 aliphatic heterocycles. The average Bonchev–Trinajstić information content (AvgIpc) is 2.13. The summed E-state index contributed by atoms with van der Waals surface area (Å²) >= 11 is 0. The summed E-state index contributed by atoms with van der Waals surface area (Å²) in [6.07, 6.45) is 2.25. The molecule has 0 aliphatic carbocycles. The van der Waals surface area contributed by atoms with Crippen molar-refractivity contribution < 1.29 is 5.11 Å². The van der Waals surface area contributed by atoms with Gasteiger partial charge in [0.05, 0.1) is 6.10 Å². The van der Waals surface area contributed by atoms with E-state index in [-0.39, 0.29) is 6.10 Å². The molecule has 2 heteroatoms. The van der Waals surface area contributed by atoms with Crippen LogP contribution in [0.3, 0.4) is 0 Å². The summed E-state index contributed by atoms with van der Waals surface area (Å²) in [5.74, 6) is 0. The Bertz CT molecular complexity index is 92.9. The summed E-state index contributed by atoms with van der Waals surface area (Å²) in [5.41, 5.74) is 0. The molecule has 0 saturated carbocycles. The fourth-order valence-electron chi connectivity index (χ4n) is 1.55. The van der Waals surface area contributed by atoms with E-state index in [1.165, 1.54) is 6.42 Å². The zero-order valence-corrected chi connectivity index (χ0v) is 6.17. The highest BCUT2D eigenvalue weighted by atomic mass is 16.3. The van der Waals surface area contributed by atoms with Crippen molar-refractivity contribution in [2.75, 3.05) is 13.6 Å². The molecule has 0 aromatic heterocycles. The van der Waals surface area contributed by atoms with Crippen LogP contribution >= 0.6 is 0 Å². The smallest absolute Gasteiger partial charge is 0.0667 e. The third kappa shape index (κ3) is 1.43. The van der Waals surface area contributed by atoms with E-state index in [2.05, 4.69) is 11.9 Å². The van der Waals surface area contributed by atoms with Gasteiger partial charge in [0.15, 0.2) is 0 Å². The molecule has 0 spiro atoms. The van der Waals surface area contributed by atoms with Gasteiger partial charge in [-0.25, -0.2) is 0 Å². The van der Waals surface area contributed by atoms with Crippen molar-refractivity contribution in [3.63, 3.8) is 0 Å². The normalized spacial score (nSPS) is 33.0. The van der Waals surface area contributed by atoms with Crippen LogP contribution in [0.25, 0.3) is 0 Å². The van der Waals surface area contributed by atoms with E-state index in [1.807, 2.05) is 6.92 Å². The molecule has 0 aromatic carbocycles. The van der Waals surface area contributed by atoms with Crippen LogP contribution in [0, 0.1) is 0 Å². The maximum absolute atomic E-state index is 9.18. The van der Waals surface area contributed by atoms with Gasteiger partial charge < -0.3 is 10.0 Å². The monoisotopic (exact) mass is 129 g/mol. The molecule has 1 saturated heterocycles. The number of nitrogens with zero attached hydrogens (tertiary/aromatic N) is 1. The highest BCUT2D eigenvalue weighted by molar-refractivity contribution is 4.79. The molecule has 9 heavy (non-hydrogen) atoms. The highest BCUT2D eigenvalue weighted by Gasteiger charge is 2.24. The zero-order valence-electron chi connectivity index (χ0n) is 6.17. The Hall–Kier alpha value is -0.0800. The molecule has 0 radical (unpaired) electrons. The van der Waals surface area contributed by atoms with Gasteiger partial charge in [-0.3, -0.25) is 0 Å². The first-order chi connectivity index (χ1) is 4.22. The minimum Gasteiger partial charge on any atom is -0.392 e. The van der Waals surface area contributed by atoms with Crippen LogP contribution in [0.4, 0.5) is 0 Å². The second-order valence-corrected chi connectivity index (χ2v) is 2.93. The van der Waals surface area contributed by atoms with E-state index in [0.717, 1.165) is 13.0 Å². The SMILES string of the molecule is CC(O)C1CCCN1C. The molecule has 1 heterocycles. The molecular formula is C7H15NO. The lowest BCUT2D eigenvalue weighted by Gasteiger charge is -2.21. The van der Waals surface area contributed by atoms with Crippen molar-refractivity contribution in [3.05, 3.63) is 0 Å². The molecule has 1 fully saturated rings. The maximum Gasteiger partial charge on any atom is 0.0667 e. The number of rotatable bonds is 1. The van der Waals surface area contributed by atoms with Crippen LogP contribution < -0.4 is 0 Å². The van der Waals surface area contributed by atoms with Crippen LogP contribution in [-0.4, -0.2) is 35.7 Å². The van der Waals surface area contributed by atoms with Crippen LogP contribution in [0.15, 0.2) is 0 Å². The number of hydrogen-bond acceptors (Lipinski definition) is 2. The molecular weight excluding hydrogens is 114 g/mol. The van der Waals surface area contributed by atoms with Crippen LogP contribution in [0.5, 0.6) is 0 Å². The van der Waals surface area contributed by atoms with Crippen LogP contribution in [-0.2, 0) is 0 Å². The molecule has 2 nitrogen and oxygen atoms in total. The van der Waals surface area contributed by atoms with Gasteiger partial charge in [0.2, 0.25) is 0 Å². The average molecular weight is 129 g/mol. The van der Waals surface area contributed by atoms with E-state index in [9.17, 15) is 5.11 Å². The third-order valence-corrected chi connectivity index (χ3v) is 2.13. The van der Waals surface area contributed by atoms with Gasteiger partial charge in [0.25, 0.3) is 0 Å². The van der Waals surface area contributed by atoms with Crippen molar-refractivity contribution in [2.24, 2.45) is 0 Å². The van der Waals surface area contributed by atoms with Gasteiger partial charge in [-0.1, -0.05) is 0 Å². The molecule has 0 bridgehead atoms. The minimum absolute atomic E-state index is 0.155. The molecule has 1 rings (SSSR count). The second-order valence-electron chi connectivity index (χ2n) is 2.93. The summed E-state index contributed by atoms with van der Waals surface area (Å²) in [6.45, 7) is 3.02. The second kappa shape index (κ2) is 2.67. The number of likely N-dealkylation sites (tertiary alicyclic amines) is 1. The fraction of sp³-hybridized carbons (Fsp3) is 1.00. The van der Waals surface area contributed by atoms with Crippen LogP contribution in [0.2, 0.25) is 0 Å². The number of likely N-dealkylation sites (N-methyl/N-ethyl adjacent to an activating group) is 1. The van der Waals surface area contributed by atoms with Crippen molar-refractivity contribution in [1.29, 1.82) is 0 Å². The minimum atomic E-state index is -0.155. The van der Waals surface area contributed by atoms with Gasteiger partial charge in [-0.2, -0.15) is 0 Å². The lowest BCUT2D eigenvalue weighted by Crippen LogP contribution is -2.34. The summed E-state index contributed by atoms with van der Waals surface area (Å²) < 4.78 is 0. The van der Waals surface area contributed by atoms with Crippen molar-refractivity contribution in [2.45, 2.75) is 31.9 Å². The van der Waals surface area contributed by atoms with E-state index < -0.39 is 0 Å². The number of aliphatic hydroxyl groups excluding tert-OH is 1. The summed E-state index contributed by atoms with van der Waals surface area (Å²) in [4.78, 5) is 2.23. The number of aliphatic hydroxyl groups is 1. The van der Waals surface area contributed by atoms with E-state index >= 15 is 0 Å². The Balaban J connectivity index is 2.40. The first-order valence-corrected chi connectivity index (χ1v) is 3.60. The summed E-state index contributed by atoms with van der Waals surface area (Å²) in [5, 5.41) is 9.18. The summed E-state index contributed by atoms with van der Waals surface area (Å²) in [7, 11) is 2.07. The molecule has 0 aromatic rings. The Morgan fingerprint density at radius 3 is 2.56 bits per heavy atom. The maximum atomic E-state index is 9.18. The topological polar surface area (TPSA) is 23.5 Å². The molecule has 2 unspecified atom stereocenters. The molecule has 54 valence electrons. The van der Waals surface area contributed by atoms with Gasteiger partial charge in [-0.15, -0.1) is 0 Å². The Kier molecular flexibility index (Phi) is 2.09. The van der Waals surface area contributed by atoms with Gasteiger partial charge in [0, 0.05) is 6.04 Å². The number of hydrogen-bond donors (Lipinski definition) is 1. The Morgan fingerprint density at radius 1 is 1.67 bits per heavy atom. The fourth-order valence-corrected chi connectivity index (χ4v) is 1.55. The molecule has 1 N–H and O–H groups in total. The first-order valence-electron chi connectivity index (χ1n) is 3.60. The first kappa shape index (κ1) is 7.03. The standard InChI is InChI=1S/C7H15NO/c1-6(9)7-4-3-5-8(7)2/h6-7,9H,3-5H2,1-2H3. The van der Waals surface area contributed by atoms with Gasteiger partial charge in [-0.05, 0) is 33.4 Å². The lowest BCUT2D eigenvalue weighted by atomic mass is 10.1. The quantitative estimate of drug-likeness (QED) is 0.556. The van der Waals surface area contributed by atoms with Crippen LogP contribution in [0.1, 0.15) is 19.8 Å². The lowest BCUT2D eigenvalue weighted by molar-refractivity contribution is 0.101. The van der Waals surface area contributed by atoms with E-state index in [1.54, 1.807) is 0 Å². The highest BCUT2D eigenvalue weighted by Crippen LogP contribution is 2.17. The molecule has 0 amide bonds. The Labute approximate surface area is 56.5 Å². The van der Waals surface area contributed by atoms with Crippen molar-refractivity contribution >= 4 is 0 Å². The predicted molar refractivity (Wildman–Crippen MR) is 37.3 cm³/mol. The van der Waals surface area contributed by atoms with Gasteiger partial charge in [0.1, 0.15) is 0 Å². The Morgan fingerprint density at radius 2 is 2.33 bits per heavy atom.